The third-order valence-corrected chi connectivity index (χ3v) is 2.86. The molecule has 0 amide bonds. The van der Waals surface area contributed by atoms with E-state index >= 15 is 0 Å². The smallest absolute Gasteiger partial charge is 0.185 e. The Morgan fingerprint density at radius 1 is 1.44 bits per heavy atom. The highest BCUT2D eigenvalue weighted by molar-refractivity contribution is 5.66. The van der Waals surface area contributed by atoms with Crippen LogP contribution in [-0.4, -0.2) is 12.5 Å². The maximum absolute atomic E-state index is 10.8. The monoisotopic (exact) mass is 219 g/mol. The fourth-order valence-corrected chi connectivity index (χ4v) is 2.03. The molecule has 0 radical (unpaired) electrons. The first-order valence-corrected chi connectivity index (χ1v) is 5.81. The van der Waals surface area contributed by atoms with Crippen LogP contribution >= 0.6 is 0 Å². The van der Waals surface area contributed by atoms with Crippen LogP contribution in [0.4, 0.5) is 5.69 Å². The number of ether oxygens (including phenoxy) is 1. The molecule has 2 atom stereocenters. The highest BCUT2D eigenvalue weighted by atomic mass is 16.5. The Hall–Kier alpha value is -1.35. The molecule has 0 aromatic heterocycles. The molecule has 0 bridgehead atoms. The van der Waals surface area contributed by atoms with Crippen LogP contribution in [0.5, 0.6) is 0 Å². The Kier molecular flexibility index (Phi) is 3.57. The number of benzene rings is 1. The number of nitrogens with one attached hydrogen (secondary N) is 1. The third kappa shape index (κ3) is 2.25. The molecular formula is C13H17NO2. The normalized spacial score (nSPS) is 23.3. The molecule has 0 spiro atoms. The van der Waals surface area contributed by atoms with Gasteiger partial charge in [0.1, 0.15) is 0 Å². The van der Waals surface area contributed by atoms with E-state index < -0.39 is 6.23 Å². The summed E-state index contributed by atoms with van der Waals surface area (Å²) < 4.78 is 5.68. The minimum absolute atomic E-state index is 0.0487. The molecule has 1 aromatic carbocycles. The van der Waals surface area contributed by atoms with Crippen LogP contribution in [0, 0.1) is 0 Å². The summed E-state index contributed by atoms with van der Waals surface area (Å²) in [7, 11) is 0. The summed E-state index contributed by atoms with van der Waals surface area (Å²) in [6.45, 7) is 2.16. The van der Waals surface area contributed by atoms with Gasteiger partial charge in [-0.05, 0) is 12.5 Å². The summed E-state index contributed by atoms with van der Waals surface area (Å²) in [4.78, 5) is 10.8. The number of hydrogen-bond donors (Lipinski definition) is 1. The molecule has 0 fully saturated rings. The lowest BCUT2D eigenvalue weighted by Crippen LogP contribution is -2.32. The fraction of sp³-hybridized carbons (Fsp3) is 0.462. The van der Waals surface area contributed by atoms with E-state index in [-0.39, 0.29) is 6.10 Å². The van der Waals surface area contributed by atoms with E-state index in [1.165, 1.54) is 0 Å². The second-order valence-corrected chi connectivity index (χ2v) is 4.06. The van der Waals surface area contributed by atoms with E-state index in [2.05, 4.69) is 18.3 Å². The van der Waals surface area contributed by atoms with Crippen molar-refractivity contribution in [2.75, 3.05) is 5.32 Å². The Morgan fingerprint density at radius 2 is 2.25 bits per heavy atom. The summed E-state index contributed by atoms with van der Waals surface area (Å²) >= 11 is 0. The molecule has 2 rings (SSSR count). The standard InChI is InChI=1S/C13H17NO2/c1-2-3-8-12-10-6-4-5-7-11(10)14-13(9-15)16-12/h4-7,9,12-14H,2-3,8H2,1H3. The Labute approximate surface area is 95.8 Å². The SMILES string of the molecule is CCCCC1OC(C=O)Nc2ccccc21. The molecule has 1 heterocycles. The number of aldehydes is 1. The van der Waals surface area contributed by atoms with Gasteiger partial charge in [0.2, 0.25) is 0 Å². The topological polar surface area (TPSA) is 38.3 Å². The average molecular weight is 219 g/mol. The lowest BCUT2D eigenvalue weighted by atomic mass is 10.0. The minimum atomic E-state index is -0.503. The third-order valence-electron chi connectivity index (χ3n) is 2.86. The van der Waals surface area contributed by atoms with Crippen LogP contribution in [-0.2, 0) is 9.53 Å². The van der Waals surface area contributed by atoms with E-state index in [4.69, 9.17) is 4.74 Å². The first kappa shape index (κ1) is 11.1. The van der Waals surface area contributed by atoms with Gasteiger partial charge >= 0.3 is 0 Å². The van der Waals surface area contributed by atoms with Gasteiger partial charge in [-0.1, -0.05) is 38.0 Å². The highest BCUT2D eigenvalue weighted by Gasteiger charge is 2.25. The maximum atomic E-state index is 10.8. The number of unbranched alkanes of at least 4 members (excludes halogenated alkanes) is 1. The number of anilines is 1. The summed E-state index contributed by atoms with van der Waals surface area (Å²) in [5, 5.41) is 3.06. The number of carbonyl (C=O) groups excluding carboxylic acids is 1. The zero-order chi connectivity index (χ0) is 11.4. The quantitative estimate of drug-likeness (QED) is 0.791. The number of rotatable bonds is 4. The molecule has 3 nitrogen and oxygen atoms in total. The van der Waals surface area contributed by atoms with Gasteiger partial charge in [0.15, 0.2) is 12.5 Å². The number of hydrogen-bond acceptors (Lipinski definition) is 3. The van der Waals surface area contributed by atoms with E-state index in [1.807, 2.05) is 18.2 Å². The van der Waals surface area contributed by atoms with Crippen molar-refractivity contribution in [2.24, 2.45) is 0 Å². The molecule has 1 aliphatic heterocycles. The van der Waals surface area contributed by atoms with Crippen LogP contribution in [0.1, 0.15) is 37.9 Å². The average Bonchev–Trinajstić information content (AvgIpc) is 2.35. The summed E-state index contributed by atoms with van der Waals surface area (Å²) in [5.41, 5.74) is 2.18. The fourth-order valence-electron chi connectivity index (χ4n) is 2.03. The van der Waals surface area contributed by atoms with E-state index in [0.29, 0.717) is 0 Å². The lowest BCUT2D eigenvalue weighted by molar-refractivity contribution is -0.121. The van der Waals surface area contributed by atoms with Gasteiger partial charge in [-0.25, -0.2) is 0 Å². The van der Waals surface area contributed by atoms with Crippen molar-refractivity contribution in [2.45, 2.75) is 38.5 Å². The molecule has 0 saturated carbocycles. The molecule has 0 aliphatic carbocycles. The molecule has 1 aromatic rings. The van der Waals surface area contributed by atoms with Crippen LogP contribution in [0.2, 0.25) is 0 Å². The van der Waals surface area contributed by atoms with Gasteiger partial charge in [0.05, 0.1) is 6.10 Å². The predicted octanol–water partition coefficient (Wildman–Crippen LogP) is 2.89. The van der Waals surface area contributed by atoms with Crippen molar-refractivity contribution in [1.29, 1.82) is 0 Å². The molecular weight excluding hydrogens is 202 g/mol. The molecule has 3 heteroatoms. The number of fused-ring (bicyclic) bond motifs is 1. The molecule has 1 aliphatic rings. The second-order valence-electron chi connectivity index (χ2n) is 4.06. The van der Waals surface area contributed by atoms with Gasteiger partial charge in [0, 0.05) is 11.3 Å². The zero-order valence-electron chi connectivity index (χ0n) is 9.48. The van der Waals surface area contributed by atoms with Gasteiger partial charge in [0.25, 0.3) is 0 Å². The molecule has 2 unspecified atom stereocenters. The minimum Gasteiger partial charge on any atom is -0.354 e. The van der Waals surface area contributed by atoms with E-state index in [9.17, 15) is 4.79 Å². The first-order valence-electron chi connectivity index (χ1n) is 5.81. The van der Waals surface area contributed by atoms with Gasteiger partial charge in [-0.15, -0.1) is 0 Å². The van der Waals surface area contributed by atoms with Crippen molar-refractivity contribution in [3.8, 4) is 0 Å². The van der Waals surface area contributed by atoms with Crippen LogP contribution in [0.25, 0.3) is 0 Å². The Morgan fingerprint density at radius 3 is 3.00 bits per heavy atom. The number of para-hydroxylation sites is 1. The van der Waals surface area contributed by atoms with E-state index in [0.717, 1.165) is 36.8 Å². The van der Waals surface area contributed by atoms with Gasteiger partial charge in [-0.3, -0.25) is 4.79 Å². The zero-order valence-corrected chi connectivity index (χ0v) is 9.48. The van der Waals surface area contributed by atoms with Crippen molar-refractivity contribution in [1.82, 2.24) is 0 Å². The maximum Gasteiger partial charge on any atom is 0.185 e. The lowest BCUT2D eigenvalue weighted by Gasteiger charge is -2.31. The van der Waals surface area contributed by atoms with Crippen molar-refractivity contribution >= 4 is 12.0 Å². The van der Waals surface area contributed by atoms with Gasteiger partial charge in [-0.2, -0.15) is 0 Å². The summed E-state index contributed by atoms with van der Waals surface area (Å²) in [6, 6.07) is 8.02. The Balaban J connectivity index is 2.20. The highest BCUT2D eigenvalue weighted by Crippen LogP contribution is 2.34. The second kappa shape index (κ2) is 5.12. The van der Waals surface area contributed by atoms with Crippen LogP contribution in [0.15, 0.2) is 24.3 Å². The molecule has 86 valence electrons. The number of carbonyl (C=O) groups is 1. The molecule has 1 N–H and O–H groups in total. The van der Waals surface area contributed by atoms with Crippen molar-refractivity contribution < 1.29 is 9.53 Å². The first-order chi connectivity index (χ1) is 7.85. The molecule has 16 heavy (non-hydrogen) atoms. The van der Waals surface area contributed by atoms with Gasteiger partial charge < -0.3 is 10.1 Å². The van der Waals surface area contributed by atoms with Crippen LogP contribution in [0.3, 0.4) is 0 Å². The van der Waals surface area contributed by atoms with Crippen LogP contribution < -0.4 is 5.32 Å². The summed E-state index contributed by atoms with van der Waals surface area (Å²) in [5.74, 6) is 0. The van der Waals surface area contributed by atoms with Crippen molar-refractivity contribution in [3.05, 3.63) is 29.8 Å². The summed E-state index contributed by atoms with van der Waals surface area (Å²) in [6.07, 6.45) is 3.59. The van der Waals surface area contributed by atoms with E-state index in [1.54, 1.807) is 0 Å². The largest absolute Gasteiger partial charge is 0.354 e. The predicted molar refractivity (Wildman–Crippen MR) is 63.3 cm³/mol. The Bertz CT molecular complexity index is 365. The molecule has 0 saturated heterocycles. The van der Waals surface area contributed by atoms with Crippen molar-refractivity contribution in [3.63, 3.8) is 0 Å².